The smallest absolute Gasteiger partial charge is 0.322 e. The molecule has 0 heterocycles. The zero-order valence-electron chi connectivity index (χ0n) is 8.41. The fourth-order valence-corrected chi connectivity index (χ4v) is 0.828. The Morgan fingerprint density at radius 1 is 1.46 bits per heavy atom. The van der Waals surface area contributed by atoms with Gasteiger partial charge in [0.15, 0.2) is 0 Å². The van der Waals surface area contributed by atoms with E-state index in [1.54, 1.807) is 0 Å². The molecule has 0 aromatic heterocycles. The van der Waals surface area contributed by atoms with E-state index in [1.165, 1.54) is 7.11 Å². The minimum absolute atomic E-state index is 0.376. The largest absolute Gasteiger partial charge is 0.468 e. The highest BCUT2D eigenvalue weighted by Crippen LogP contribution is 1.94. The summed E-state index contributed by atoms with van der Waals surface area (Å²) in [5.41, 5.74) is 5.49. The highest BCUT2D eigenvalue weighted by molar-refractivity contribution is 5.75. The Morgan fingerprint density at radius 2 is 2.15 bits per heavy atom. The van der Waals surface area contributed by atoms with E-state index >= 15 is 0 Å². The van der Waals surface area contributed by atoms with Crippen molar-refractivity contribution in [1.29, 1.82) is 0 Å². The van der Waals surface area contributed by atoms with Crippen LogP contribution in [0.1, 0.15) is 26.2 Å². The van der Waals surface area contributed by atoms with Gasteiger partial charge in [-0.1, -0.05) is 13.3 Å². The Bertz CT molecular complexity index is 139. The van der Waals surface area contributed by atoms with Gasteiger partial charge in [-0.3, -0.25) is 4.79 Å². The second-order valence-electron chi connectivity index (χ2n) is 2.88. The third kappa shape index (κ3) is 6.54. The fraction of sp³-hybridized carbons (Fsp3) is 0.889. The van der Waals surface area contributed by atoms with Crippen molar-refractivity contribution in [1.82, 2.24) is 0 Å². The molecule has 1 unspecified atom stereocenters. The first-order chi connectivity index (χ1) is 6.22. The van der Waals surface area contributed by atoms with Gasteiger partial charge in [0, 0.05) is 13.2 Å². The minimum Gasteiger partial charge on any atom is -0.468 e. The van der Waals surface area contributed by atoms with Crippen molar-refractivity contribution in [3.63, 3.8) is 0 Å². The Hall–Kier alpha value is -0.610. The number of methoxy groups -OCH3 is 1. The first-order valence-corrected chi connectivity index (χ1v) is 4.63. The van der Waals surface area contributed by atoms with Crippen LogP contribution in [0.25, 0.3) is 0 Å². The van der Waals surface area contributed by atoms with Crippen LogP contribution in [0.3, 0.4) is 0 Å². The zero-order valence-corrected chi connectivity index (χ0v) is 8.41. The standard InChI is InChI=1S/C9H19NO3/c1-3-4-6-13-7-5-8(10)9(11)12-2/h8H,3-7,10H2,1-2H3. The molecule has 0 spiro atoms. The molecule has 0 amide bonds. The van der Waals surface area contributed by atoms with Crippen LogP contribution in [0.2, 0.25) is 0 Å². The van der Waals surface area contributed by atoms with Crippen molar-refractivity contribution in [3.8, 4) is 0 Å². The lowest BCUT2D eigenvalue weighted by Crippen LogP contribution is -2.32. The van der Waals surface area contributed by atoms with Gasteiger partial charge < -0.3 is 15.2 Å². The van der Waals surface area contributed by atoms with Gasteiger partial charge in [-0.05, 0) is 12.8 Å². The first-order valence-electron chi connectivity index (χ1n) is 4.63. The van der Waals surface area contributed by atoms with E-state index < -0.39 is 6.04 Å². The van der Waals surface area contributed by atoms with Crippen LogP contribution in [-0.2, 0) is 14.3 Å². The topological polar surface area (TPSA) is 61.5 Å². The molecule has 1 atom stereocenters. The Balaban J connectivity index is 3.26. The van der Waals surface area contributed by atoms with Gasteiger partial charge in [-0.15, -0.1) is 0 Å². The molecule has 0 saturated carbocycles. The van der Waals surface area contributed by atoms with Gasteiger partial charge in [0.2, 0.25) is 0 Å². The van der Waals surface area contributed by atoms with Crippen molar-refractivity contribution in [2.75, 3.05) is 20.3 Å². The normalized spacial score (nSPS) is 12.5. The molecule has 4 nitrogen and oxygen atoms in total. The molecule has 0 rings (SSSR count). The van der Waals surface area contributed by atoms with Crippen LogP contribution in [-0.4, -0.2) is 32.3 Å². The molecule has 0 aliphatic rings. The van der Waals surface area contributed by atoms with Crippen molar-refractivity contribution < 1.29 is 14.3 Å². The number of nitrogens with two attached hydrogens (primary N) is 1. The molecule has 0 radical (unpaired) electrons. The van der Waals surface area contributed by atoms with E-state index in [-0.39, 0.29) is 5.97 Å². The molecule has 0 fully saturated rings. The molecule has 0 aromatic rings. The summed E-state index contributed by atoms with van der Waals surface area (Å²) in [6.45, 7) is 3.37. The Kier molecular flexibility index (Phi) is 7.63. The average molecular weight is 189 g/mol. The Labute approximate surface area is 79.4 Å². The van der Waals surface area contributed by atoms with Crippen molar-refractivity contribution >= 4 is 5.97 Å². The summed E-state index contributed by atoms with van der Waals surface area (Å²) in [7, 11) is 1.33. The van der Waals surface area contributed by atoms with Gasteiger partial charge in [-0.25, -0.2) is 0 Å². The second-order valence-corrected chi connectivity index (χ2v) is 2.88. The summed E-state index contributed by atoms with van der Waals surface area (Å²) in [4.78, 5) is 10.8. The molecule has 0 saturated heterocycles. The highest BCUT2D eigenvalue weighted by atomic mass is 16.5. The Morgan fingerprint density at radius 3 is 2.69 bits per heavy atom. The summed E-state index contributed by atoms with van der Waals surface area (Å²) in [6, 6.07) is -0.549. The van der Waals surface area contributed by atoms with Crippen LogP contribution < -0.4 is 5.73 Å². The second kappa shape index (κ2) is 8.01. The average Bonchev–Trinajstić information content (AvgIpc) is 2.16. The summed E-state index contributed by atoms with van der Waals surface area (Å²) < 4.78 is 9.72. The maximum absolute atomic E-state index is 10.8. The number of rotatable bonds is 7. The van der Waals surface area contributed by atoms with Gasteiger partial charge in [-0.2, -0.15) is 0 Å². The lowest BCUT2D eigenvalue weighted by atomic mass is 10.2. The maximum atomic E-state index is 10.8. The predicted molar refractivity (Wildman–Crippen MR) is 50.3 cm³/mol. The molecule has 0 aromatic carbocycles. The zero-order chi connectivity index (χ0) is 10.1. The minimum atomic E-state index is -0.549. The molecule has 0 aliphatic carbocycles. The fourth-order valence-electron chi connectivity index (χ4n) is 0.828. The molecule has 2 N–H and O–H groups in total. The summed E-state index contributed by atoms with van der Waals surface area (Å²) in [5.74, 6) is -0.376. The highest BCUT2D eigenvalue weighted by Gasteiger charge is 2.12. The third-order valence-corrected chi connectivity index (χ3v) is 1.72. The number of hydrogen-bond donors (Lipinski definition) is 1. The summed E-state index contributed by atoms with van der Waals surface area (Å²) in [5, 5.41) is 0. The van der Waals surface area contributed by atoms with E-state index in [4.69, 9.17) is 10.5 Å². The van der Waals surface area contributed by atoms with Crippen molar-refractivity contribution in [3.05, 3.63) is 0 Å². The van der Waals surface area contributed by atoms with Gasteiger partial charge in [0.05, 0.1) is 7.11 Å². The molecular formula is C9H19NO3. The van der Waals surface area contributed by atoms with Crippen LogP contribution >= 0.6 is 0 Å². The molecule has 13 heavy (non-hydrogen) atoms. The molecular weight excluding hydrogens is 170 g/mol. The van der Waals surface area contributed by atoms with E-state index in [0.29, 0.717) is 13.0 Å². The van der Waals surface area contributed by atoms with E-state index in [0.717, 1.165) is 19.4 Å². The van der Waals surface area contributed by atoms with Crippen LogP contribution in [0, 0.1) is 0 Å². The number of hydrogen-bond acceptors (Lipinski definition) is 4. The quantitative estimate of drug-likeness (QED) is 0.473. The van der Waals surface area contributed by atoms with E-state index in [2.05, 4.69) is 11.7 Å². The van der Waals surface area contributed by atoms with Crippen molar-refractivity contribution in [2.24, 2.45) is 5.73 Å². The predicted octanol–water partition coefficient (Wildman–Crippen LogP) is 0.694. The van der Waals surface area contributed by atoms with Crippen LogP contribution in [0.4, 0.5) is 0 Å². The maximum Gasteiger partial charge on any atom is 0.322 e. The number of ether oxygens (including phenoxy) is 2. The SMILES string of the molecule is CCCCOCCC(N)C(=O)OC. The first kappa shape index (κ1) is 12.4. The number of esters is 1. The van der Waals surface area contributed by atoms with E-state index in [9.17, 15) is 4.79 Å². The van der Waals surface area contributed by atoms with Crippen molar-refractivity contribution in [2.45, 2.75) is 32.2 Å². The van der Waals surface area contributed by atoms with Gasteiger partial charge in [0.25, 0.3) is 0 Å². The number of unbranched alkanes of at least 4 members (excludes halogenated alkanes) is 1. The van der Waals surface area contributed by atoms with Crippen LogP contribution in [0.5, 0.6) is 0 Å². The monoisotopic (exact) mass is 189 g/mol. The van der Waals surface area contributed by atoms with Gasteiger partial charge in [0.1, 0.15) is 6.04 Å². The lowest BCUT2D eigenvalue weighted by Gasteiger charge is -2.08. The van der Waals surface area contributed by atoms with E-state index in [1.807, 2.05) is 0 Å². The third-order valence-electron chi connectivity index (χ3n) is 1.72. The lowest BCUT2D eigenvalue weighted by molar-refractivity contribution is -0.142. The molecule has 0 bridgehead atoms. The van der Waals surface area contributed by atoms with Gasteiger partial charge >= 0.3 is 5.97 Å². The molecule has 0 aliphatic heterocycles. The number of carbonyl (C=O) groups excluding carboxylic acids is 1. The summed E-state index contributed by atoms with van der Waals surface area (Å²) in [6.07, 6.45) is 2.69. The summed E-state index contributed by atoms with van der Waals surface area (Å²) >= 11 is 0. The molecule has 4 heteroatoms. The van der Waals surface area contributed by atoms with Crippen LogP contribution in [0.15, 0.2) is 0 Å². The molecule has 78 valence electrons. The number of carbonyl (C=O) groups is 1.